The fourth-order valence-electron chi connectivity index (χ4n) is 2.66. The molecule has 0 saturated heterocycles. The predicted molar refractivity (Wildman–Crippen MR) is 127 cm³/mol. The van der Waals surface area contributed by atoms with Crippen LogP contribution in [0.5, 0.6) is 5.75 Å². The number of hydrogen-bond acceptors (Lipinski definition) is 3. The molecule has 0 heterocycles. The molecule has 0 aliphatic rings. The molecule has 3 N–H and O–H groups in total. The average molecular weight is 420 g/mol. The van der Waals surface area contributed by atoms with Crippen molar-refractivity contribution in [2.75, 3.05) is 16.0 Å². The minimum absolute atomic E-state index is 0.369. The van der Waals surface area contributed by atoms with Gasteiger partial charge in [0.05, 0.1) is 0 Å². The van der Waals surface area contributed by atoms with E-state index < -0.39 is 6.09 Å². The summed E-state index contributed by atoms with van der Waals surface area (Å²) in [5.41, 5.74) is 2.95. The summed E-state index contributed by atoms with van der Waals surface area (Å²) in [7, 11) is 0. The normalized spacial score (nSPS) is 9.84. The van der Waals surface area contributed by atoms with Gasteiger partial charge in [-0.3, -0.25) is 5.32 Å². The molecule has 0 saturated carbocycles. The van der Waals surface area contributed by atoms with Crippen LogP contribution in [-0.2, 0) is 0 Å². The molecule has 0 atom stereocenters. The van der Waals surface area contributed by atoms with Crippen molar-refractivity contribution in [2.45, 2.75) is 33.6 Å². The minimum Gasteiger partial charge on any atom is -0.410 e. The molecule has 0 aliphatic heterocycles. The number of rotatable bonds is 5. The van der Waals surface area contributed by atoms with Crippen LogP contribution in [0.1, 0.15) is 39.2 Å². The van der Waals surface area contributed by atoms with Crippen molar-refractivity contribution >= 4 is 29.2 Å². The van der Waals surface area contributed by atoms with Crippen LogP contribution < -0.4 is 20.7 Å². The summed E-state index contributed by atoms with van der Waals surface area (Å²) in [4.78, 5) is 24.2. The molecule has 3 aromatic rings. The fraction of sp³-hybridized carbons (Fsp3) is 0.200. The molecule has 162 valence electrons. The third-order valence-corrected chi connectivity index (χ3v) is 4.16. The maximum atomic E-state index is 12.2. The molecule has 31 heavy (non-hydrogen) atoms. The van der Waals surface area contributed by atoms with E-state index in [4.69, 9.17) is 4.74 Å². The first kappa shape index (κ1) is 23.5. The standard InChI is InChI=1S/C23H23N3O3.C2H6/c1-16(2)17-11-13-18(14-12-17)24-22(27)25-19-7-6-8-20(15-19)26-23(28)29-21-9-4-3-5-10-21;1-2/h3-16H,1-2H3,(H,26,28)(H2,24,25,27);1-2H3. The zero-order valence-corrected chi connectivity index (χ0v) is 18.3. The maximum Gasteiger partial charge on any atom is 0.417 e. The van der Waals surface area contributed by atoms with Crippen LogP contribution in [0.3, 0.4) is 0 Å². The quantitative estimate of drug-likeness (QED) is 0.413. The predicted octanol–water partition coefficient (Wildman–Crippen LogP) is 7.09. The Hall–Kier alpha value is -3.80. The Labute approximate surface area is 183 Å². The van der Waals surface area contributed by atoms with Crippen molar-refractivity contribution in [3.8, 4) is 5.75 Å². The smallest absolute Gasteiger partial charge is 0.410 e. The topological polar surface area (TPSA) is 79.5 Å². The van der Waals surface area contributed by atoms with Gasteiger partial charge in [-0.15, -0.1) is 0 Å². The Kier molecular flexibility index (Phi) is 9.11. The number of ether oxygens (including phenoxy) is 1. The summed E-state index contributed by atoms with van der Waals surface area (Å²) < 4.78 is 5.19. The monoisotopic (exact) mass is 419 g/mol. The number of nitrogens with one attached hydrogen (secondary N) is 3. The van der Waals surface area contributed by atoms with Crippen molar-refractivity contribution in [2.24, 2.45) is 0 Å². The Morgan fingerprint density at radius 2 is 1.29 bits per heavy atom. The van der Waals surface area contributed by atoms with Crippen LogP contribution in [0.4, 0.5) is 26.7 Å². The summed E-state index contributed by atoms with van der Waals surface area (Å²) in [6.45, 7) is 8.23. The van der Waals surface area contributed by atoms with E-state index >= 15 is 0 Å². The summed E-state index contributed by atoms with van der Waals surface area (Å²) in [6, 6.07) is 22.9. The second-order valence-corrected chi connectivity index (χ2v) is 6.76. The van der Waals surface area contributed by atoms with Crippen LogP contribution in [0.25, 0.3) is 0 Å². The summed E-state index contributed by atoms with van der Waals surface area (Å²) in [6.07, 6.45) is -0.608. The number of carbonyl (C=O) groups is 2. The Morgan fingerprint density at radius 3 is 1.90 bits per heavy atom. The maximum absolute atomic E-state index is 12.2. The fourth-order valence-corrected chi connectivity index (χ4v) is 2.66. The van der Waals surface area contributed by atoms with Gasteiger partial charge in [0.25, 0.3) is 0 Å². The Morgan fingerprint density at radius 1 is 0.710 bits per heavy atom. The van der Waals surface area contributed by atoms with E-state index in [2.05, 4.69) is 29.8 Å². The van der Waals surface area contributed by atoms with Gasteiger partial charge in [-0.25, -0.2) is 9.59 Å². The van der Waals surface area contributed by atoms with Crippen molar-refractivity contribution in [3.63, 3.8) is 0 Å². The number of amides is 3. The van der Waals surface area contributed by atoms with E-state index in [1.54, 1.807) is 48.5 Å². The van der Waals surface area contributed by atoms with Crippen LogP contribution in [-0.4, -0.2) is 12.1 Å². The molecule has 0 radical (unpaired) electrons. The molecule has 0 spiro atoms. The third-order valence-electron chi connectivity index (χ3n) is 4.16. The van der Waals surface area contributed by atoms with Crippen molar-refractivity contribution < 1.29 is 14.3 Å². The lowest BCUT2D eigenvalue weighted by molar-refractivity contribution is 0.215. The van der Waals surface area contributed by atoms with Gasteiger partial charge < -0.3 is 15.4 Å². The lowest BCUT2D eigenvalue weighted by atomic mass is 10.0. The van der Waals surface area contributed by atoms with Crippen LogP contribution in [0.15, 0.2) is 78.9 Å². The van der Waals surface area contributed by atoms with Gasteiger partial charge in [-0.1, -0.05) is 64.1 Å². The largest absolute Gasteiger partial charge is 0.417 e. The second kappa shape index (κ2) is 12.0. The zero-order valence-electron chi connectivity index (χ0n) is 18.3. The van der Waals surface area contributed by atoms with Crippen LogP contribution in [0, 0.1) is 0 Å². The number of benzene rings is 3. The Balaban J connectivity index is 0.00000166. The van der Waals surface area contributed by atoms with Crippen molar-refractivity contribution in [1.29, 1.82) is 0 Å². The Bertz CT molecular complexity index is 971. The highest BCUT2D eigenvalue weighted by molar-refractivity contribution is 6.00. The number of carbonyl (C=O) groups excluding carboxylic acids is 2. The molecule has 0 aromatic heterocycles. The first-order chi connectivity index (χ1) is 15.0. The summed E-state index contributed by atoms with van der Waals surface area (Å²) in [5.74, 6) is 0.879. The number of hydrogen-bond donors (Lipinski definition) is 3. The number of urea groups is 1. The van der Waals surface area contributed by atoms with Crippen molar-refractivity contribution in [3.05, 3.63) is 84.4 Å². The van der Waals surface area contributed by atoms with Gasteiger partial charge in [0, 0.05) is 17.1 Å². The van der Waals surface area contributed by atoms with Gasteiger partial charge in [-0.2, -0.15) is 0 Å². The van der Waals surface area contributed by atoms with Gasteiger partial charge in [0.15, 0.2) is 0 Å². The zero-order chi connectivity index (χ0) is 22.6. The molecule has 3 rings (SSSR count). The van der Waals surface area contributed by atoms with Crippen LogP contribution in [0.2, 0.25) is 0 Å². The van der Waals surface area contributed by atoms with Gasteiger partial charge in [0.2, 0.25) is 0 Å². The number of para-hydroxylation sites is 1. The SMILES string of the molecule is CC.CC(C)c1ccc(NC(=O)Nc2cccc(NC(=O)Oc3ccccc3)c2)cc1. The van der Waals surface area contributed by atoms with E-state index in [1.165, 1.54) is 5.56 Å². The highest BCUT2D eigenvalue weighted by Crippen LogP contribution is 2.19. The second-order valence-electron chi connectivity index (χ2n) is 6.76. The minimum atomic E-state index is -0.608. The molecule has 0 unspecified atom stereocenters. The molecule has 0 fully saturated rings. The van der Waals surface area contributed by atoms with Gasteiger partial charge in [-0.05, 0) is 53.9 Å². The summed E-state index contributed by atoms with van der Waals surface area (Å²) >= 11 is 0. The van der Waals surface area contributed by atoms with E-state index in [1.807, 2.05) is 44.2 Å². The average Bonchev–Trinajstić information content (AvgIpc) is 2.76. The highest BCUT2D eigenvalue weighted by atomic mass is 16.6. The molecular weight excluding hydrogens is 390 g/mol. The lowest BCUT2D eigenvalue weighted by Gasteiger charge is -2.11. The molecule has 3 amide bonds. The van der Waals surface area contributed by atoms with Gasteiger partial charge >= 0.3 is 12.1 Å². The third kappa shape index (κ3) is 7.85. The molecule has 6 nitrogen and oxygen atoms in total. The number of anilines is 3. The van der Waals surface area contributed by atoms with E-state index in [0.29, 0.717) is 28.7 Å². The molecule has 6 heteroatoms. The van der Waals surface area contributed by atoms with E-state index in [-0.39, 0.29) is 6.03 Å². The molecule has 3 aromatic carbocycles. The molecule has 0 bridgehead atoms. The van der Waals surface area contributed by atoms with E-state index in [0.717, 1.165) is 0 Å². The van der Waals surface area contributed by atoms with Gasteiger partial charge in [0.1, 0.15) is 5.75 Å². The lowest BCUT2D eigenvalue weighted by Crippen LogP contribution is -2.20. The van der Waals surface area contributed by atoms with Crippen LogP contribution >= 0.6 is 0 Å². The first-order valence-corrected chi connectivity index (χ1v) is 10.3. The highest BCUT2D eigenvalue weighted by Gasteiger charge is 2.07. The van der Waals surface area contributed by atoms with E-state index in [9.17, 15) is 9.59 Å². The summed E-state index contributed by atoms with van der Waals surface area (Å²) in [5, 5.41) is 8.17. The molecule has 0 aliphatic carbocycles. The molecular formula is C25H29N3O3. The van der Waals surface area contributed by atoms with Crippen molar-refractivity contribution in [1.82, 2.24) is 0 Å². The first-order valence-electron chi connectivity index (χ1n) is 10.3.